The molecule has 0 amide bonds. The van der Waals surface area contributed by atoms with E-state index in [9.17, 15) is 4.79 Å². The minimum atomic E-state index is 0.0221. The van der Waals surface area contributed by atoms with Crippen LogP contribution in [0.4, 0.5) is 0 Å². The van der Waals surface area contributed by atoms with Crippen LogP contribution in [0.15, 0.2) is 30.5 Å². The van der Waals surface area contributed by atoms with Crippen LogP contribution in [-0.2, 0) is 12.5 Å². The molecule has 0 unspecified atom stereocenters. The summed E-state index contributed by atoms with van der Waals surface area (Å²) in [7, 11) is 1.83. The number of benzene rings is 1. The van der Waals surface area contributed by atoms with Crippen molar-refractivity contribution in [2.24, 2.45) is 7.05 Å². The third-order valence-corrected chi connectivity index (χ3v) is 2.97. The van der Waals surface area contributed by atoms with Crippen molar-refractivity contribution in [2.45, 2.75) is 26.2 Å². The van der Waals surface area contributed by atoms with Gasteiger partial charge in [0, 0.05) is 18.8 Å². The van der Waals surface area contributed by atoms with Gasteiger partial charge in [0.2, 0.25) is 0 Å². The second-order valence-corrected chi connectivity index (χ2v) is 5.52. The van der Waals surface area contributed by atoms with Crippen molar-refractivity contribution in [3.8, 4) is 11.3 Å². The molecule has 2 aromatic rings. The Morgan fingerprint density at radius 1 is 1.22 bits per heavy atom. The Hall–Kier alpha value is -1.90. The number of aldehydes is 1. The van der Waals surface area contributed by atoms with Gasteiger partial charge in [-0.25, -0.2) is 0 Å². The lowest BCUT2D eigenvalue weighted by Crippen LogP contribution is -2.13. The van der Waals surface area contributed by atoms with Crippen LogP contribution < -0.4 is 0 Å². The van der Waals surface area contributed by atoms with E-state index in [-0.39, 0.29) is 5.41 Å². The maximum atomic E-state index is 11.1. The van der Waals surface area contributed by atoms with E-state index < -0.39 is 0 Å². The molecular formula is C15H18N2O. The number of aromatic nitrogens is 2. The van der Waals surface area contributed by atoms with Gasteiger partial charge in [0.05, 0.1) is 5.56 Å². The van der Waals surface area contributed by atoms with Gasteiger partial charge in [-0.15, -0.1) is 0 Å². The maximum Gasteiger partial charge on any atom is 0.153 e. The van der Waals surface area contributed by atoms with E-state index >= 15 is 0 Å². The zero-order valence-electron chi connectivity index (χ0n) is 11.3. The second kappa shape index (κ2) is 4.41. The standard InChI is InChI=1S/C15H18N2O/c1-15(2,3)13-8-6-5-7-12(13)14-11(10-18)9-17(4)16-14/h5-10H,1-4H3. The topological polar surface area (TPSA) is 34.9 Å². The first-order chi connectivity index (χ1) is 8.43. The molecule has 3 heteroatoms. The van der Waals surface area contributed by atoms with Crippen LogP contribution >= 0.6 is 0 Å². The Morgan fingerprint density at radius 3 is 2.50 bits per heavy atom. The van der Waals surface area contributed by atoms with Gasteiger partial charge < -0.3 is 0 Å². The van der Waals surface area contributed by atoms with Gasteiger partial charge in [0.1, 0.15) is 5.69 Å². The number of carbonyl (C=O) groups is 1. The van der Waals surface area contributed by atoms with Gasteiger partial charge in [-0.1, -0.05) is 45.0 Å². The molecule has 0 bridgehead atoms. The lowest BCUT2D eigenvalue weighted by Gasteiger charge is -2.22. The highest BCUT2D eigenvalue weighted by molar-refractivity contribution is 5.86. The van der Waals surface area contributed by atoms with Crippen molar-refractivity contribution in [3.63, 3.8) is 0 Å². The molecule has 94 valence electrons. The predicted octanol–water partition coefficient (Wildman–Crippen LogP) is 3.20. The highest BCUT2D eigenvalue weighted by atomic mass is 16.1. The average molecular weight is 242 g/mol. The van der Waals surface area contributed by atoms with Crippen molar-refractivity contribution in [1.82, 2.24) is 9.78 Å². The molecular weight excluding hydrogens is 224 g/mol. The van der Waals surface area contributed by atoms with E-state index in [1.54, 1.807) is 10.9 Å². The van der Waals surface area contributed by atoms with E-state index in [2.05, 4.69) is 31.9 Å². The van der Waals surface area contributed by atoms with Crippen LogP contribution in [-0.4, -0.2) is 16.1 Å². The lowest BCUT2D eigenvalue weighted by molar-refractivity contribution is 0.112. The van der Waals surface area contributed by atoms with E-state index in [1.165, 1.54) is 5.56 Å². The van der Waals surface area contributed by atoms with Crippen molar-refractivity contribution >= 4 is 6.29 Å². The van der Waals surface area contributed by atoms with Gasteiger partial charge in [-0.2, -0.15) is 5.10 Å². The van der Waals surface area contributed by atoms with Gasteiger partial charge in [0.25, 0.3) is 0 Å². The summed E-state index contributed by atoms with van der Waals surface area (Å²) in [5.74, 6) is 0. The molecule has 18 heavy (non-hydrogen) atoms. The summed E-state index contributed by atoms with van der Waals surface area (Å²) >= 11 is 0. The second-order valence-electron chi connectivity index (χ2n) is 5.52. The minimum absolute atomic E-state index is 0.0221. The number of nitrogens with zero attached hydrogens (tertiary/aromatic N) is 2. The SMILES string of the molecule is Cn1cc(C=O)c(-c2ccccc2C(C)(C)C)n1. The van der Waals surface area contributed by atoms with E-state index in [0.29, 0.717) is 5.56 Å². The molecule has 0 aliphatic rings. The first kappa shape index (κ1) is 12.6. The van der Waals surface area contributed by atoms with Gasteiger partial charge in [-0.05, 0) is 11.0 Å². The van der Waals surface area contributed by atoms with Gasteiger partial charge in [-0.3, -0.25) is 9.48 Å². The third kappa shape index (κ3) is 2.21. The molecule has 0 aliphatic heterocycles. The highest BCUT2D eigenvalue weighted by Gasteiger charge is 2.21. The Kier molecular flexibility index (Phi) is 3.07. The fourth-order valence-corrected chi connectivity index (χ4v) is 2.15. The first-order valence-corrected chi connectivity index (χ1v) is 6.02. The monoisotopic (exact) mass is 242 g/mol. The number of carbonyl (C=O) groups excluding carboxylic acids is 1. The normalized spacial score (nSPS) is 11.6. The van der Waals surface area contributed by atoms with Crippen molar-refractivity contribution < 1.29 is 4.79 Å². The third-order valence-electron chi connectivity index (χ3n) is 2.97. The van der Waals surface area contributed by atoms with Gasteiger partial charge in [0.15, 0.2) is 6.29 Å². The summed E-state index contributed by atoms with van der Waals surface area (Å²) < 4.78 is 1.68. The smallest absolute Gasteiger partial charge is 0.153 e. The minimum Gasteiger partial charge on any atom is -0.298 e. The first-order valence-electron chi connectivity index (χ1n) is 6.02. The summed E-state index contributed by atoms with van der Waals surface area (Å²) in [5, 5.41) is 4.41. The molecule has 0 saturated heterocycles. The molecule has 1 aromatic carbocycles. The van der Waals surface area contributed by atoms with Crippen molar-refractivity contribution in [1.29, 1.82) is 0 Å². The summed E-state index contributed by atoms with van der Waals surface area (Å²) in [5.41, 5.74) is 3.65. The van der Waals surface area contributed by atoms with Crippen LogP contribution in [0.1, 0.15) is 36.7 Å². The maximum absolute atomic E-state index is 11.1. The van der Waals surface area contributed by atoms with Crippen LogP contribution in [0.2, 0.25) is 0 Å². The Morgan fingerprint density at radius 2 is 1.89 bits per heavy atom. The zero-order valence-corrected chi connectivity index (χ0v) is 11.3. The van der Waals surface area contributed by atoms with Crippen molar-refractivity contribution in [2.75, 3.05) is 0 Å². The number of rotatable bonds is 2. The van der Waals surface area contributed by atoms with Crippen LogP contribution in [0.25, 0.3) is 11.3 Å². The van der Waals surface area contributed by atoms with E-state index in [1.807, 2.05) is 25.2 Å². The van der Waals surface area contributed by atoms with Gasteiger partial charge >= 0.3 is 0 Å². The van der Waals surface area contributed by atoms with Crippen LogP contribution in [0, 0.1) is 0 Å². The Labute approximate surface area is 107 Å². The zero-order chi connectivity index (χ0) is 13.3. The average Bonchev–Trinajstić information content (AvgIpc) is 2.69. The molecule has 0 radical (unpaired) electrons. The molecule has 0 fully saturated rings. The fraction of sp³-hybridized carbons (Fsp3) is 0.333. The number of hydrogen-bond acceptors (Lipinski definition) is 2. The van der Waals surface area contributed by atoms with E-state index in [4.69, 9.17) is 0 Å². The Bertz CT molecular complexity index is 576. The Balaban J connectivity index is 2.67. The molecule has 0 N–H and O–H groups in total. The quantitative estimate of drug-likeness (QED) is 0.758. The summed E-state index contributed by atoms with van der Waals surface area (Å²) in [6.45, 7) is 6.49. The van der Waals surface area contributed by atoms with E-state index in [0.717, 1.165) is 17.5 Å². The molecule has 0 atom stereocenters. The molecule has 3 nitrogen and oxygen atoms in total. The van der Waals surface area contributed by atoms with Crippen LogP contribution in [0.3, 0.4) is 0 Å². The molecule has 1 heterocycles. The molecule has 0 saturated carbocycles. The molecule has 2 rings (SSSR count). The molecule has 0 aliphatic carbocycles. The lowest BCUT2D eigenvalue weighted by atomic mass is 9.82. The largest absolute Gasteiger partial charge is 0.298 e. The number of hydrogen-bond donors (Lipinski definition) is 0. The summed E-state index contributed by atoms with van der Waals surface area (Å²) in [4.78, 5) is 11.1. The number of aryl methyl sites for hydroxylation is 1. The predicted molar refractivity (Wildman–Crippen MR) is 72.7 cm³/mol. The summed E-state index contributed by atoms with van der Waals surface area (Å²) in [6.07, 6.45) is 2.61. The molecule has 1 aromatic heterocycles. The highest BCUT2D eigenvalue weighted by Crippen LogP contribution is 2.33. The van der Waals surface area contributed by atoms with Crippen LogP contribution in [0.5, 0.6) is 0 Å². The molecule has 0 spiro atoms. The fourth-order valence-electron chi connectivity index (χ4n) is 2.15. The van der Waals surface area contributed by atoms with Crippen molar-refractivity contribution in [3.05, 3.63) is 41.6 Å². The summed E-state index contributed by atoms with van der Waals surface area (Å²) in [6, 6.07) is 8.12.